The highest BCUT2D eigenvalue weighted by Gasteiger charge is 2.30. The number of ether oxygens (including phenoxy) is 2. The third-order valence-electron chi connectivity index (χ3n) is 7.33. The van der Waals surface area contributed by atoms with Gasteiger partial charge in [0.25, 0.3) is 0 Å². The number of rotatable bonds is 9. The summed E-state index contributed by atoms with van der Waals surface area (Å²) in [4.78, 5) is 18.9. The van der Waals surface area contributed by atoms with Crippen LogP contribution in [0.5, 0.6) is 5.75 Å². The van der Waals surface area contributed by atoms with E-state index in [0.717, 1.165) is 27.1 Å². The summed E-state index contributed by atoms with van der Waals surface area (Å²) in [6, 6.07) is 44.2. The molecule has 0 amide bonds. The maximum absolute atomic E-state index is 13.9. The van der Waals surface area contributed by atoms with Crippen LogP contribution < -0.4 is 20.7 Å². The Morgan fingerprint density at radius 3 is 1.89 bits per heavy atom. The fourth-order valence-electron chi connectivity index (χ4n) is 5.37. The number of imidazole rings is 1. The standard InChI is InChI=1S/C37H32N3O3P/c1-3-43-37(41)32(27-33-36(31-23-13-14-24-34(31)42-2)38-35-25-15-16-26-40(33)35)39-44(28-17-7-4-8-18-28,29-19-9-5-10-20-29)30-21-11-6-12-22-30/h4-27H,3H2,1-2H3/b32-27-. The number of benzene rings is 4. The quantitative estimate of drug-likeness (QED) is 0.101. The Bertz CT molecular complexity index is 1880. The molecule has 218 valence electrons. The van der Waals surface area contributed by atoms with Crippen LogP contribution in [0, 0.1) is 0 Å². The van der Waals surface area contributed by atoms with Crippen molar-refractivity contribution in [3.63, 3.8) is 0 Å². The summed E-state index contributed by atoms with van der Waals surface area (Å²) in [5.41, 5.74) is 3.12. The summed E-state index contributed by atoms with van der Waals surface area (Å²) in [7, 11) is -1.13. The Morgan fingerprint density at radius 1 is 0.773 bits per heavy atom. The molecule has 6 aromatic rings. The molecule has 44 heavy (non-hydrogen) atoms. The lowest BCUT2D eigenvalue weighted by atomic mass is 10.1. The Balaban J connectivity index is 1.74. The molecule has 2 heterocycles. The van der Waals surface area contributed by atoms with E-state index in [9.17, 15) is 4.79 Å². The molecule has 0 aliphatic rings. The van der Waals surface area contributed by atoms with Crippen molar-refractivity contribution in [2.45, 2.75) is 6.92 Å². The second kappa shape index (κ2) is 13.0. The molecule has 7 heteroatoms. The molecular weight excluding hydrogens is 565 g/mol. The molecule has 0 fully saturated rings. The number of methoxy groups -OCH3 is 1. The first-order valence-corrected chi connectivity index (χ1v) is 16.2. The first kappa shape index (κ1) is 28.9. The number of carbonyl (C=O) groups is 1. The second-order valence-corrected chi connectivity index (χ2v) is 13.0. The molecule has 0 radical (unpaired) electrons. The third-order valence-corrected chi connectivity index (χ3v) is 11.0. The molecular formula is C37H32N3O3P. The summed E-state index contributed by atoms with van der Waals surface area (Å²) in [5.74, 6) is 0.177. The van der Waals surface area contributed by atoms with Crippen LogP contribution in [0.3, 0.4) is 0 Å². The first-order chi connectivity index (χ1) is 21.7. The van der Waals surface area contributed by atoms with Crippen molar-refractivity contribution in [2.75, 3.05) is 13.7 Å². The number of fused-ring (bicyclic) bond motifs is 1. The third kappa shape index (κ3) is 5.48. The van der Waals surface area contributed by atoms with Gasteiger partial charge in [-0.3, -0.25) is 4.40 Å². The largest absolute Gasteiger partial charge is 0.496 e. The van der Waals surface area contributed by atoms with E-state index < -0.39 is 13.0 Å². The summed E-state index contributed by atoms with van der Waals surface area (Å²) in [6.07, 6.45) is 3.74. The zero-order chi connectivity index (χ0) is 30.4. The molecule has 0 atom stereocenters. The van der Waals surface area contributed by atoms with E-state index in [0.29, 0.717) is 17.1 Å². The second-order valence-electron chi connectivity index (χ2n) is 9.97. The van der Waals surface area contributed by atoms with Gasteiger partial charge in [0, 0.05) is 27.7 Å². The molecule has 0 saturated carbocycles. The average Bonchev–Trinajstić information content (AvgIpc) is 3.45. The topological polar surface area (TPSA) is 65.2 Å². The van der Waals surface area contributed by atoms with Gasteiger partial charge in [-0.1, -0.05) is 109 Å². The molecule has 0 bridgehead atoms. The number of hydrogen-bond donors (Lipinski definition) is 0. The van der Waals surface area contributed by atoms with Crippen LogP contribution in [0.15, 0.2) is 150 Å². The maximum Gasteiger partial charge on any atom is 0.356 e. The fraction of sp³-hybridized carbons (Fsp3) is 0.0811. The van der Waals surface area contributed by atoms with Gasteiger partial charge in [-0.25, -0.2) is 14.5 Å². The smallest absolute Gasteiger partial charge is 0.356 e. The van der Waals surface area contributed by atoms with Gasteiger partial charge in [0.2, 0.25) is 0 Å². The van der Waals surface area contributed by atoms with Crippen LogP contribution in [-0.4, -0.2) is 29.1 Å². The summed E-state index contributed by atoms with van der Waals surface area (Å²) in [6.45, 7) is 2.02. The molecule has 0 saturated heterocycles. The van der Waals surface area contributed by atoms with Crippen molar-refractivity contribution >= 4 is 40.7 Å². The van der Waals surface area contributed by atoms with E-state index in [-0.39, 0.29) is 12.3 Å². The van der Waals surface area contributed by atoms with Crippen LogP contribution >= 0.6 is 7.05 Å². The monoisotopic (exact) mass is 597 g/mol. The van der Waals surface area contributed by atoms with Gasteiger partial charge in [-0.2, -0.15) is 0 Å². The van der Waals surface area contributed by atoms with E-state index in [2.05, 4.69) is 36.4 Å². The molecule has 6 rings (SSSR count). The minimum Gasteiger partial charge on any atom is -0.496 e. The van der Waals surface area contributed by atoms with E-state index in [1.165, 1.54) is 0 Å². The maximum atomic E-state index is 13.9. The van der Waals surface area contributed by atoms with Crippen LogP contribution in [-0.2, 0) is 9.53 Å². The lowest BCUT2D eigenvalue weighted by Crippen LogP contribution is -2.26. The van der Waals surface area contributed by atoms with E-state index >= 15 is 0 Å². The molecule has 0 spiro atoms. The molecule has 4 aromatic carbocycles. The lowest BCUT2D eigenvalue weighted by Gasteiger charge is -2.27. The van der Waals surface area contributed by atoms with E-state index in [4.69, 9.17) is 19.2 Å². The molecule has 0 N–H and O–H groups in total. The fourth-order valence-corrected chi connectivity index (χ4v) is 8.88. The summed E-state index contributed by atoms with van der Waals surface area (Å²) >= 11 is 0. The number of aromatic nitrogens is 2. The molecule has 2 aromatic heterocycles. The number of para-hydroxylation sites is 1. The van der Waals surface area contributed by atoms with Crippen LogP contribution in [0.2, 0.25) is 0 Å². The molecule has 6 nitrogen and oxygen atoms in total. The zero-order valence-electron chi connectivity index (χ0n) is 24.6. The molecule has 0 unspecified atom stereocenters. The van der Waals surface area contributed by atoms with Crippen molar-refractivity contribution < 1.29 is 14.3 Å². The highest BCUT2D eigenvalue weighted by Crippen LogP contribution is 2.48. The number of carbonyl (C=O) groups excluding carboxylic acids is 1. The highest BCUT2D eigenvalue weighted by molar-refractivity contribution is 7.87. The average molecular weight is 598 g/mol. The van der Waals surface area contributed by atoms with E-state index in [1.807, 2.05) is 114 Å². The van der Waals surface area contributed by atoms with Crippen LogP contribution in [0.25, 0.3) is 23.0 Å². The number of pyridine rings is 1. The van der Waals surface area contributed by atoms with Gasteiger partial charge in [-0.15, -0.1) is 0 Å². The van der Waals surface area contributed by atoms with Gasteiger partial charge in [-0.05, 0) is 37.3 Å². The van der Waals surface area contributed by atoms with Crippen molar-refractivity contribution in [3.05, 3.63) is 151 Å². The molecule has 0 aliphatic carbocycles. The van der Waals surface area contributed by atoms with Crippen LogP contribution in [0.4, 0.5) is 0 Å². The van der Waals surface area contributed by atoms with Gasteiger partial charge >= 0.3 is 5.97 Å². The Labute approximate surface area is 257 Å². The van der Waals surface area contributed by atoms with Gasteiger partial charge in [0.15, 0.2) is 0 Å². The number of hydrogen-bond acceptors (Lipinski definition) is 5. The Kier molecular flexibility index (Phi) is 8.53. The number of esters is 1. The molecule has 0 aliphatic heterocycles. The first-order valence-electron chi connectivity index (χ1n) is 14.4. The summed E-state index contributed by atoms with van der Waals surface area (Å²) in [5, 5.41) is 3.07. The SMILES string of the molecule is CCOC(=O)/C(=C/c1c(-c2ccccc2OC)nc2ccccn12)N=P(c1ccccc1)(c1ccccc1)c1ccccc1. The van der Waals surface area contributed by atoms with Gasteiger partial charge < -0.3 is 9.47 Å². The Hall–Kier alpha value is -5.19. The van der Waals surface area contributed by atoms with Gasteiger partial charge in [0.05, 0.1) is 26.5 Å². The van der Waals surface area contributed by atoms with Crippen molar-refractivity contribution in [2.24, 2.45) is 4.74 Å². The highest BCUT2D eigenvalue weighted by atomic mass is 31.2. The van der Waals surface area contributed by atoms with Crippen molar-refractivity contribution in [1.82, 2.24) is 9.38 Å². The van der Waals surface area contributed by atoms with Crippen molar-refractivity contribution in [1.29, 1.82) is 0 Å². The van der Waals surface area contributed by atoms with Crippen molar-refractivity contribution in [3.8, 4) is 17.0 Å². The predicted octanol–water partition coefficient (Wildman–Crippen LogP) is 7.09. The zero-order valence-corrected chi connectivity index (χ0v) is 25.5. The van der Waals surface area contributed by atoms with Crippen LogP contribution in [0.1, 0.15) is 12.6 Å². The Morgan fingerprint density at radius 2 is 1.32 bits per heavy atom. The van der Waals surface area contributed by atoms with E-state index in [1.54, 1.807) is 14.0 Å². The van der Waals surface area contributed by atoms with Gasteiger partial charge in [0.1, 0.15) is 22.8 Å². The predicted molar refractivity (Wildman–Crippen MR) is 179 cm³/mol. The minimum atomic E-state index is -2.77. The summed E-state index contributed by atoms with van der Waals surface area (Å²) < 4.78 is 18.9. The minimum absolute atomic E-state index is 0.207. The lowest BCUT2D eigenvalue weighted by molar-refractivity contribution is -0.138. The normalized spacial score (nSPS) is 11.7. The number of nitrogens with zero attached hydrogens (tertiary/aromatic N) is 3.